The zero-order valence-electron chi connectivity index (χ0n) is 16.8. The van der Waals surface area contributed by atoms with E-state index in [9.17, 15) is 14.7 Å². The van der Waals surface area contributed by atoms with Gasteiger partial charge in [-0.2, -0.15) is 5.10 Å². The quantitative estimate of drug-likeness (QED) is 0.613. The van der Waals surface area contributed by atoms with Crippen LogP contribution in [0.5, 0.6) is 0 Å². The van der Waals surface area contributed by atoms with E-state index in [0.29, 0.717) is 23.6 Å². The lowest BCUT2D eigenvalue weighted by Gasteiger charge is -2.37. The molecular formula is C21H24N6O3. The first-order chi connectivity index (χ1) is 14.6. The smallest absolute Gasteiger partial charge is 0.325 e. The van der Waals surface area contributed by atoms with E-state index in [1.54, 1.807) is 6.92 Å². The van der Waals surface area contributed by atoms with Crippen LogP contribution < -0.4 is 21.1 Å². The first-order valence-corrected chi connectivity index (χ1v) is 9.90. The number of carboxylic acid groups (broad SMARTS) is 1. The minimum absolute atomic E-state index is 0.249. The van der Waals surface area contributed by atoms with E-state index in [-0.39, 0.29) is 6.29 Å². The lowest BCUT2D eigenvalue weighted by atomic mass is 10.1. The third-order valence-corrected chi connectivity index (χ3v) is 5.24. The Kier molecular flexibility index (Phi) is 5.70. The summed E-state index contributed by atoms with van der Waals surface area (Å²) in [5.74, 6) is 4.83. The van der Waals surface area contributed by atoms with Crippen LogP contribution in [-0.2, 0) is 11.3 Å². The topological polar surface area (TPSA) is 103 Å². The van der Waals surface area contributed by atoms with Crippen LogP contribution in [0.3, 0.4) is 0 Å². The summed E-state index contributed by atoms with van der Waals surface area (Å²) in [6.07, 6.45) is -0.249. The highest BCUT2D eigenvalue weighted by Gasteiger charge is 2.38. The highest BCUT2D eigenvalue weighted by atomic mass is 16.4. The van der Waals surface area contributed by atoms with Gasteiger partial charge in [0.15, 0.2) is 6.29 Å². The maximum absolute atomic E-state index is 13.3. The van der Waals surface area contributed by atoms with Crippen LogP contribution in [-0.4, -0.2) is 64.8 Å². The lowest BCUT2D eigenvalue weighted by molar-refractivity contribution is -0.137. The fourth-order valence-corrected chi connectivity index (χ4v) is 3.87. The number of nitrogens with one attached hydrogen (secondary N) is 2. The van der Waals surface area contributed by atoms with E-state index in [4.69, 9.17) is 0 Å². The van der Waals surface area contributed by atoms with Gasteiger partial charge in [0.1, 0.15) is 17.9 Å². The van der Waals surface area contributed by atoms with E-state index in [1.807, 2.05) is 35.2 Å². The second-order valence-electron chi connectivity index (χ2n) is 7.15. The van der Waals surface area contributed by atoms with Gasteiger partial charge in [0.05, 0.1) is 12.2 Å². The molecule has 156 valence electrons. The van der Waals surface area contributed by atoms with Crippen LogP contribution >= 0.6 is 0 Å². The van der Waals surface area contributed by atoms with E-state index >= 15 is 0 Å². The van der Waals surface area contributed by atoms with Crippen molar-refractivity contribution in [1.29, 1.82) is 0 Å². The molecule has 1 aromatic carbocycles. The zero-order valence-corrected chi connectivity index (χ0v) is 16.8. The predicted octanol–water partition coefficient (Wildman–Crippen LogP) is 0.439. The van der Waals surface area contributed by atoms with Crippen molar-refractivity contribution >= 4 is 17.3 Å². The highest BCUT2D eigenvalue weighted by molar-refractivity contribution is 5.88. The number of rotatable bonds is 5. The number of anilines is 2. The van der Waals surface area contributed by atoms with Crippen molar-refractivity contribution in [3.8, 4) is 23.1 Å². The van der Waals surface area contributed by atoms with Gasteiger partial charge in [-0.05, 0) is 6.92 Å². The SMILES string of the molecule is CC#CCN1c2c(c(-c3ccccc3)nn(CC(=O)O)c2=O)NC1N1CCNCC1. The first-order valence-electron chi connectivity index (χ1n) is 9.90. The van der Waals surface area contributed by atoms with Gasteiger partial charge in [-0.15, -0.1) is 5.92 Å². The highest BCUT2D eigenvalue weighted by Crippen LogP contribution is 2.39. The summed E-state index contributed by atoms with van der Waals surface area (Å²) in [6, 6.07) is 9.47. The van der Waals surface area contributed by atoms with Gasteiger partial charge in [0, 0.05) is 31.7 Å². The average molecular weight is 408 g/mol. The summed E-state index contributed by atoms with van der Waals surface area (Å²) in [5, 5.41) is 20.5. The van der Waals surface area contributed by atoms with Crippen LogP contribution in [0.2, 0.25) is 0 Å². The molecule has 2 aliphatic heterocycles. The monoisotopic (exact) mass is 408 g/mol. The Morgan fingerprint density at radius 2 is 2.00 bits per heavy atom. The maximum Gasteiger partial charge on any atom is 0.325 e. The van der Waals surface area contributed by atoms with Crippen LogP contribution in [0.4, 0.5) is 11.4 Å². The Hall–Kier alpha value is -3.35. The van der Waals surface area contributed by atoms with E-state index < -0.39 is 18.1 Å². The third-order valence-electron chi connectivity index (χ3n) is 5.24. The van der Waals surface area contributed by atoms with Gasteiger partial charge in [0.2, 0.25) is 0 Å². The second-order valence-corrected chi connectivity index (χ2v) is 7.15. The average Bonchev–Trinajstić information content (AvgIpc) is 3.15. The van der Waals surface area contributed by atoms with Crippen molar-refractivity contribution < 1.29 is 9.90 Å². The van der Waals surface area contributed by atoms with Gasteiger partial charge in [0.25, 0.3) is 5.56 Å². The zero-order chi connectivity index (χ0) is 21.1. The van der Waals surface area contributed by atoms with Gasteiger partial charge >= 0.3 is 5.97 Å². The van der Waals surface area contributed by atoms with E-state index in [0.717, 1.165) is 36.4 Å². The molecule has 1 unspecified atom stereocenters. The van der Waals surface area contributed by atoms with Crippen molar-refractivity contribution in [2.75, 3.05) is 42.9 Å². The number of carbonyl (C=O) groups is 1. The third kappa shape index (κ3) is 3.75. The van der Waals surface area contributed by atoms with E-state index in [1.165, 1.54) is 0 Å². The second kappa shape index (κ2) is 8.57. The van der Waals surface area contributed by atoms with Crippen molar-refractivity contribution in [3.05, 3.63) is 40.7 Å². The molecule has 0 saturated carbocycles. The summed E-state index contributed by atoms with van der Waals surface area (Å²) < 4.78 is 1.03. The fraction of sp³-hybridized carbons (Fsp3) is 0.381. The van der Waals surface area contributed by atoms with Crippen LogP contribution in [0.1, 0.15) is 6.92 Å². The van der Waals surface area contributed by atoms with Gasteiger partial charge < -0.3 is 20.6 Å². The number of aliphatic carboxylic acids is 1. The summed E-state index contributed by atoms with van der Waals surface area (Å²) in [6.45, 7) is 4.96. The molecule has 3 heterocycles. The minimum Gasteiger partial charge on any atom is -0.480 e. The normalized spacial score (nSPS) is 18.3. The van der Waals surface area contributed by atoms with E-state index in [2.05, 4.69) is 32.5 Å². The number of carboxylic acids is 1. The number of piperazine rings is 1. The number of hydrogen-bond acceptors (Lipinski definition) is 7. The molecule has 0 spiro atoms. The van der Waals surface area contributed by atoms with Crippen LogP contribution in [0.15, 0.2) is 35.1 Å². The van der Waals surface area contributed by atoms with Gasteiger partial charge in [-0.3, -0.25) is 14.5 Å². The molecule has 3 N–H and O–H groups in total. The number of aromatic nitrogens is 2. The summed E-state index contributed by atoms with van der Waals surface area (Å²) in [4.78, 5) is 28.8. The Bertz CT molecular complexity index is 1050. The van der Waals surface area contributed by atoms with Gasteiger partial charge in [-0.1, -0.05) is 36.3 Å². The molecule has 1 fully saturated rings. The maximum atomic E-state index is 13.3. The fourth-order valence-electron chi connectivity index (χ4n) is 3.87. The molecule has 1 saturated heterocycles. The molecular weight excluding hydrogens is 384 g/mol. The molecule has 30 heavy (non-hydrogen) atoms. The molecule has 2 aromatic rings. The molecule has 2 aliphatic rings. The molecule has 9 heteroatoms. The Labute approximate surface area is 174 Å². The lowest BCUT2D eigenvalue weighted by Crippen LogP contribution is -2.56. The Balaban J connectivity index is 1.88. The molecule has 1 aromatic heterocycles. The van der Waals surface area contributed by atoms with Crippen molar-refractivity contribution in [1.82, 2.24) is 20.0 Å². The van der Waals surface area contributed by atoms with Crippen molar-refractivity contribution in [3.63, 3.8) is 0 Å². The largest absolute Gasteiger partial charge is 0.480 e. The van der Waals surface area contributed by atoms with Crippen molar-refractivity contribution in [2.24, 2.45) is 0 Å². The minimum atomic E-state index is -1.12. The number of hydrogen-bond donors (Lipinski definition) is 3. The summed E-state index contributed by atoms with van der Waals surface area (Å²) >= 11 is 0. The molecule has 4 rings (SSSR count). The van der Waals surface area contributed by atoms with Crippen LogP contribution in [0, 0.1) is 11.8 Å². The van der Waals surface area contributed by atoms with Crippen molar-refractivity contribution in [2.45, 2.75) is 19.8 Å². The molecule has 0 aliphatic carbocycles. The summed E-state index contributed by atoms with van der Waals surface area (Å²) in [7, 11) is 0. The molecule has 0 amide bonds. The number of nitrogens with zero attached hydrogens (tertiary/aromatic N) is 4. The standard InChI is InChI=1S/C21H24N6O3/c1-2-3-11-26-19-18(23-21(26)25-12-9-22-10-13-25)17(15-7-5-4-6-8-15)24-27(20(19)30)14-16(28)29/h4-8,21-23H,9-14H2,1H3,(H,28,29). The predicted molar refractivity (Wildman–Crippen MR) is 114 cm³/mol. The summed E-state index contributed by atoms with van der Waals surface area (Å²) in [5.41, 5.74) is 1.96. The molecule has 1 atom stereocenters. The van der Waals surface area contributed by atoms with Crippen LogP contribution in [0.25, 0.3) is 11.3 Å². The number of fused-ring (bicyclic) bond motifs is 1. The molecule has 0 radical (unpaired) electrons. The Morgan fingerprint density at radius 3 is 2.67 bits per heavy atom. The molecule has 9 nitrogen and oxygen atoms in total. The van der Waals surface area contributed by atoms with Gasteiger partial charge in [-0.25, -0.2) is 4.68 Å². The number of benzene rings is 1. The first kappa shape index (κ1) is 19.9. The Morgan fingerprint density at radius 1 is 1.27 bits per heavy atom. The molecule has 0 bridgehead atoms.